The lowest BCUT2D eigenvalue weighted by Crippen LogP contribution is -2.39. The summed E-state index contributed by atoms with van der Waals surface area (Å²) in [5.41, 5.74) is 5.37. The van der Waals surface area contributed by atoms with E-state index in [1.807, 2.05) is 20.8 Å². The van der Waals surface area contributed by atoms with Gasteiger partial charge in [-0.25, -0.2) is 0 Å². The Kier molecular flexibility index (Phi) is 5.95. The van der Waals surface area contributed by atoms with E-state index < -0.39 is 16.9 Å². The van der Waals surface area contributed by atoms with E-state index in [1.165, 1.54) is 12.1 Å². The number of carbonyl (C=O) groups excluding carboxylic acids is 1. The maximum Gasteiger partial charge on any atom is 0.333 e. The van der Waals surface area contributed by atoms with Gasteiger partial charge in [-0.05, 0) is 24.5 Å². The summed E-state index contributed by atoms with van der Waals surface area (Å²) in [4.78, 5) is 22.2. The summed E-state index contributed by atoms with van der Waals surface area (Å²) in [5, 5.41) is 14.1. The number of nitro groups is 1. The van der Waals surface area contributed by atoms with Gasteiger partial charge < -0.3 is 15.8 Å². The first-order chi connectivity index (χ1) is 9.88. The van der Waals surface area contributed by atoms with Crippen molar-refractivity contribution in [2.45, 2.75) is 33.2 Å². The largest absolute Gasteiger partial charge is 0.487 e. The average Bonchev–Trinajstić information content (AvgIpc) is 2.41. The highest BCUT2D eigenvalue weighted by Gasteiger charge is 2.26. The average molecular weight is 295 g/mol. The van der Waals surface area contributed by atoms with E-state index in [1.54, 1.807) is 6.07 Å². The molecule has 1 unspecified atom stereocenters. The summed E-state index contributed by atoms with van der Waals surface area (Å²) in [6.45, 7) is 5.92. The van der Waals surface area contributed by atoms with Crippen molar-refractivity contribution >= 4 is 17.3 Å². The number of hydrogen-bond donors (Lipinski definition) is 2. The molecule has 0 aliphatic rings. The molecule has 0 saturated carbocycles. The smallest absolute Gasteiger partial charge is 0.333 e. The highest BCUT2D eigenvalue weighted by Crippen LogP contribution is 2.35. The van der Waals surface area contributed by atoms with Gasteiger partial charge in [0.2, 0.25) is 5.91 Å². The zero-order valence-corrected chi connectivity index (χ0v) is 12.5. The second kappa shape index (κ2) is 7.47. The van der Waals surface area contributed by atoms with Crippen LogP contribution in [0.1, 0.15) is 27.2 Å². The van der Waals surface area contributed by atoms with Gasteiger partial charge in [-0.1, -0.05) is 26.8 Å². The number of benzene rings is 1. The zero-order chi connectivity index (χ0) is 16.0. The third-order valence-corrected chi connectivity index (χ3v) is 2.93. The molecule has 0 aliphatic heterocycles. The van der Waals surface area contributed by atoms with Crippen molar-refractivity contribution < 1.29 is 14.5 Å². The van der Waals surface area contributed by atoms with Gasteiger partial charge in [0.15, 0.2) is 5.75 Å². The standard InChI is InChI=1S/C14H21N3O4/c1-4-8-21-11-7-5-6-10(13(11)17(19)20)16-12(9(2)3)14(15)18/h5-7,9,12,16H,4,8H2,1-3H3,(H2,15,18). The fraction of sp³-hybridized carbons (Fsp3) is 0.500. The number of rotatable bonds is 8. The molecule has 116 valence electrons. The Labute approximate surface area is 123 Å². The minimum atomic E-state index is -0.690. The number of nitro benzene ring substituents is 1. The quantitative estimate of drug-likeness (QED) is 0.565. The fourth-order valence-corrected chi connectivity index (χ4v) is 1.89. The van der Waals surface area contributed by atoms with E-state index in [-0.39, 0.29) is 23.0 Å². The Morgan fingerprint density at radius 3 is 2.62 bits per heavy atom. The number of ether oxygens (including phenoxy) is 1. The van der Waals surface area contributed by atoms with Gasteiger partial charge in [-0.15, -0.1) is 0 Å². The molecule has 1 amide bonds. The molecule has 0 fully saturated rings. The molecule has 7 heteroatoms. The summed E-state index contributed by atoms with van der Waals surface area (Å²) >= 11 is 0. The van der Waals surface area contributed by atoms with Crippen LogP contribution in [-0.4, -0.2) is 23.5 Å². The highest BCUT2D eigenvalue weighted by molar-refractivity contribution is 5.84. The molecule has 21 heavy (non-hydrogen) atoms. The molecule has 0 aliphatic carbocycles. The Morgan fingerprint density at radius 2 is 2.14 bits per heavy atom. The highest BCUT2D eigenvalue weighted by atomic mass is 16.6. The van der Waals surface area contributed by atoms with Crippen LogP contribution in [-0.2, 0) is 4.79 Å². The minimum absolute atomic E-state index is 0.0951. The number of nitrogens with zero attached hydrogens (tertiary/aromatic N) is 1. The SMILES string of the molecule is CCCOc1cccc(NC(C(N)=O)C(C)C)c1[N+](=O)[O-]. The van der Waals surface area contributed by atoms with E-state index >= 15 is 0 Å². The van der Waals surface area contributed by atoms with E-state index in [9.17, 15) is 14.9 Å². The molecule has 1 aromatic rings. The lowest BCUT2D eigenvalue weighted by molar-refractivity contribution is -0.385. The number of primary amides is 1. The van der Waals surface area contributed by atoms with Gasteiger partial charge in [0.05, 0.1) is 11.5 Å². The van der Waals surface area contributed by atoms with Crippen LogP contribution in [0.15, 0.2) is 18.2 Å². The van der Waals surface area contributed by atoms with E-state index in [0.29, 0.717) is 6.61 Å². The number of carbonyl (C=O) groups is 1. The van der Waals surface area contributed by atoms with Gasteiger partial charge in [0.25, 0.3) is 0 Å². The molecule has 1 atom stereocenters. The third-order valence-electron chi connectivity index (χ3n) is 2.93. The molecule has 0 radical (unpaired) electrons. The summed E-state index contributed by atoms with van der Waals surface area (Å²) < 4.78 is 5.39. The predicted octanol–water partition coefficient (Wildman–Crippen LogP) is 2.31. The maximum absolute atomic E-state index is 11.4. The van der Waals surface area contributed by atoms with Gasteiger partial charge in [0.1, 0.15) is 11.7 Å². The number of anilines is 1. The minimum Gasteiger partial charge on any atom is -0.487 e. The van der Waals surface area contributed by atoms with Gasteiger partial charge >= 0.3 is 5.69 Å². The molecule has 1 rings (SSSR count). The number of amides is 1. The van der Waals surface area contributed by atoms with Crippen molar-refractivity contribution in [2.75, 3.05) is 11.9 Å². The monoisotopic (exact) mass is 295 g/mol. The number of nitrogens with two attached hydrogens (primary N) is 1. The van der Waals surface area contributed by atoms with Crippen LogP contribution < -0.4 is 15.8 Å². The van der Waals surface area contributed by atoms with Crippen molar-refractivity contribution in [2.24, 2.45) is 11.7 Å². The van der Waals surface area contributed by atoms with Crippen LogP contribution in [0.4, 0.5) is 11.4 Å². The summed E-state index contributed by atoms with van der Waals surface area (Å²) in [7, 11) is 0. The molecule has 7 nitrogen and oxygen atoms in total. The first kappa shape index (κ1) is 16.7. The first-order valence-corrected chi connectivity index (χ1v) is 6.84. The topological polar surface area (TPSA) is 107 Å². The van der Waals surface area contributed by atoms with Crippen LogP contribution >= 0.6 is 0 Å². The van der Waals surface area contributed by atoms with E-state index in [4.69, 9.17) is 10.5 Å². The van der Waals surface area contributed by atoms with Crippen molar-refractivity contribution in [3.8, 4) is 5.75 Å². The molecule has 3 N–H and O–H groups in total. The van der Waals surface area contributed by atoms with Crippen LogP contribution in [0.3, 0.4) is 0 Å². The van der Waals surface area contributed by atoms with E-state index in [0.717, 1.165) is 6.42 Å². The van der Waals surface area contributed by atoms with Gasteiger partial charge in [0, 0.05) is 0 Å². The number of nitrogens with one attached hydrogen (secondary N) is 1. The Hall–Kier alpha value is -2.31. The van der Waals surface area contributed by atoms with E-state index in [2.05, 4.69) is 5.32 Å². The Morgan fingerprint density at radius 1 is 1.48 bits per heavy atom. The molecular weight excluding hydrogens is 274 g/mol. The van der Waals surface area contributed by atoms with Crippen molar-refractivity contribution in [1.29, 1.82) is 0 Å². The first-order valence-electron chi connectivity index (χ1n) is 6.84. The van der Waals surface area contributed by atoms with Crippen molar-refractivity contribution in [3.05, 3.63) is 28.3 Å². The lowest BCUT2D eigenvalue weighted by atomic mass is 10.0. The van der Waals surface area contributed by atoms with Gasteiger partial charge in [-0.3, -0.25) is 14.9 Å². The predicted molar refractivity (Wildman–Crippen MR) is 80.3 cm³/mol. The summed E-state index contributed by atoms with van der Waals surface area (Å²) in [6.07, 6.45) is 0.741. The molecule has 0 saturated heterocycles. The second-order valence-corrected chi connectivity index (χ2v) is 5.03. The molecule has 0 aromatic heterocycles. The molecule has 0 bridgehead atoms. The number of hydrogen-bond acceptors (Lipinski definition) is 5. The molecule has 1 aromatic carbocycles. The fourth-order valence-electron chi connectivity index (χ4n) is 1.89. The second-order valence-electron chi connectivity index (χ2n) is 5.03. The third kappa shape index (κ3) is 4.34. The van der Waals surface area contributed by atoms with Gasteiger partial charge in [-0.2, -0.15) is 0 Å². The van der Waals surface area contributed by atoms with Crippen molar-refractivity contribution in [3.63, 3.8) is 0 Å². The summed E-state index contributed by atoms with van der Waals surface area (Å²) in [6, 6.07) is 4.02. The van der Waals surface area contributed by atoms with Crippen molar-refractivity contribution in [1.82, 2.24) is 0 Å². The molecular formula is C14H21N3O4. The van der Waals surface area contributed by atoms with Crippen LogP contribution in [0.25, 0.3) is 0 Å². The summed E-state index contributed by atoms with van der Waals surface area (Å²) in [5.74, 6) is -0.472. The van der Waals surface area contributed by atoms with Crippen LogP contribution in [0.5, 0.6) is 5.75 Å². The molecule has 0 spiro atoms. The normalized spacial score (nSPS) is 12.0. The number of para-hydroxylation sites is 1. The maximum atomic E-state index is 11.4. The zero-order valence-electron chi connectivity index (χ0n) is 12.5. The Bertz CT molecular complexity index is 517. The van der Waals surface area contributed by atoms with Crippen LogP contribution in [0, 0.1) is 16.0 Å². The van der Waals surface area contributed by atoms with Crippen LogP contribution in [0.2, 0.25) is 0 Å². The lowest BCUT2D eigenvalue weighted by Gasteiger charge is -2.20. The molecule has 0 heterocycles. The Balaban J connectivity index is 3.16.